The number of methoxy groups -OCH3 is 2. The second kappa shape index (κ2) is 5.06. The maximum absolute atomic E-state index is 5.39. The molecule has 1 aromatic carbocycles. The van der Waals surface area contributed by atoms with E-state index in [2.05, 4.69) is 52.0 Å². The van der Waals surface area contributed by atoms with Crippen LogP contribution in [0.1, 0.15) is 18.5 Å². The standard InChI is InChI=1S/C13H18BrNO2/c1-10(11-4-6-12(14)7-5-11)15-8-13(9-15,16-2)17-3/h4-7,10H,8-9H2,1-3H3. The third-order valence-electron chi connectivity index (χ3n) is 3.53. The van der Waals surface area contributed by atoms with E-state index in [4.69, 9.17) is 9.47 Å². The Kier molecular flexibility index (Phi) is 3.88. The van der Waals surface area contributed by atoms with E-state index in [-0.39, 0.29) is 0 Å². The fraction of sp³-hybridized carbons (Fsp3) is 0.538. The second-order valence-electron chi connectivity index (χ2n) is 4.45. The van der Waals surface area contributed by atoms with Gasteiger partial charge in [-0.25, -0.2) is 0 Å². The minimum atomic E-state index is -0.399. The lowest BCUT2D eigenvalue weighted by Gasteiger charge is -2.50. The molecule has 1 aliphatic heterocycles. The topological polar surface area (TPSA) is 21.7 Å². The Hall–Kier alpha value is -0.420. The molecule has 1 aromatic rings. The third-order valence-corrected chi connectivity index (χ3v) is 4.06. The van der Waals surface area contributed by atoms with Crippen LogP contribution in [0, 0.1) is 0 Å². The molecule has 2 rings (SSSR count). The first-order chi connectivity index (χ1) is 8.10. The van der Waals surface area contributed by atoms with Crippen LogP contribution >= 0.6 is 15.9 Å². The maximum Gasteiger partial charge on any atom is 0.193 e. The van der Waals surface area contributed by atoms with Gasteiger partial charge in [0.1, 0.15) is 0 Å². The van der Waals surface area contributed by atoms with Gasteiger partial charge in [-0.2, -0.15) is 0 Å². The molecule has 0 aliphatic carbocycles. The van der Waals surface area contributed by atoms with Crippen LogP contribution < -0.4 is 0 Å². The Bertz CT molecular complexity index is 368. The van der Waals surface area contributed by atoms with Crippen LogP contribution in [0.2, 0.25) is 0 Å². The van der Waals surface area contributed by atoms with Gasteiger partial charge in [0.15, 0.2) is 5.79 Å². The molecule has 1 heterocycles. The van der Waals surface area contributed by atoms with Gasteiger partial charge in [0.2, 0.25) is 0 Å². The van der Waals surface area contributed by atoms with Crippen molar-refractivity contribution >= 4 is 15.9 Å². The van der Waals surface area contributed by atoms with Crippen molar-refractivity contribution in [2.24, 2.45) is 0 Å². The number of hydrogen-bond acceptors (Lipinski definition) is 3. The molecule has 4 heteroatoms. The largest absolute Gasteiger partial charge is 0.351 e. The molecular weight excluding hydrogens is 282 g/mol. The van der Waals surface area contributed by atoms with Gasteiger partial charge in [-0.05, 0) is 24.6 Å². The highest BCUT2D eigenvalue weighted by Gasteiger charge is 2.45. The summed E-state index contributed by atoms with van der Waals surface area (Å²) in [5, 5.41) is 0. The Morgan fingerprint density at radius 2 is 1.71 bits per heavy atom. The Balaban J connectivity index is 1.99. The average molecular weight is 300 g/mol. The van der Waals surface area contributed by atoms with Crippen LogP contribution in [0.5, 0.6) is 0 Å². The van der Waals surface area contributed by atoms with Crippen molar-refractivity contribution in [1.29, 1.82) is 0 Å². The first kappa shape index (κ1) is 13.0. The van der Waals surface area contributed by atoms with E-state index in [0.717, 1.165) is 17.6 Å². The zero-order valence-electron chi connectivity index (χ0n) is 10.4. The molecule has 0 spiro atoms. The molecule has 0 saturated carbocycles. The van der Waals surface area contributed by atoms with Gasteiger partial charge in [0.25, 0.3) is 0 Å². The number of ether oxygens (including phenoxy) is 2. The first-order valence-electron chi connectivity index (χ1n) is 5.70. The SMILES string of the molecule is COC1(OC)CN(C(C)c2ccc(Br)cc2)C1. The quantitative estimate of drug-likeness (QED) is 0.798. The van der Waals surface area contributed by atoms with Gasteiger partial charge in [-0.1, -0.05) is 28.1 Å². The zero-order valence-corrected chi connectivity index (χ0v) is 12.0. The molecule has 0 N–H and O–H groups in total. The molecule has 1 saturated heterocycles. The highest BCUT2D eigenvalue weighted by molar-refractivity contribution is 9.10. The van der Waals surface area contributed by atoms with E-state index in [1.165, 1.54) is 5.56 Å². The lowest BCUT2D eigenvalue weighted by molar-refractivity contribution is -0.282. The molecule has 1 atom stereocenters. The maximum atomic E-state index is 5.39. The third kappa shape index (κ3) is 2.55. The van der Waals surface area contributed by atoms with Gasteiger partial charge < -0.3 is 9.47 Å². The minimum Gasteiger partial charge on any atom is -0.351 e. The van der Waals surface area contributed by atoms with Crippen molar-refractivity contribution in [3.05, 3.63) is 34.3 Å². The number of likely N-dealkylation sites (tertiary alicyclic amines) is 1. The second-order valence-corrected chi connectivity index (χ2v) is 5.37. The van der Waals surface area contributed by atoms with Crippen molar-refractivity contribution in [3.8, 4) is 0 Å². The summed E-state index contributed by atoms with van der Waals surface area (Å²) in [6.45, 7) is 3.84. The summed E-state index contributed by atoms with van der Waals surface area (Å²) in [6.07, 6.45) is 0. The number of hydrogen-bond donors (Lipinski definition) is 0. The zero-order chi connectivity index (χ0) is 12.5. The van der Waals surface area contributed by atoms with E-state index in [1.54, 1.807) is 14.2 Å². The molecular formula is C13H18BrNO2. The molecule has 94 valence electrons. The minimum absolute atomic E-state index is 0.390. The Morgan fingerprint density at radius 1 is 1.18 bits per heavy atom. The molecule has 0 radical (unpaired) electrons. The number of nitrogens with zero attached hydrogens (tertiary/aromatic N) is 1. The van der Waals surface area contributed by atoms with Gasteiger partial charge >= 0.3 is 0 Å². The molecule has 17 heavy (non-hydrogen) atoms. The van der Waals surface area contributed by atoms with Gasteiger partial charge in [0, 0.05) is 24.7 Å². The normalized spacial score (nSPS) is 20.9. The van der Waals surface area contributed by atoms with Crippen molar-refractivity contribution in [2.75, 3.05) is 27.3 Å². The van der Waals surface area contributed by atoms with Crippen LogP contribution in [0.15, 0.2) is 28.7 Å². The van der Waals surface area contributed by atoms with Crippen LogP contribution in [0.4, 0.5) is 0 Å². The summed E-state index contributed by atoms with van der Waals surface area (Å²) in [4.78, 5) is 2.34. The fourth-order valence-electron chi connectivity index (χ4n) is 2.14. The van der Waals surface area contributed by atoms with Crippen LogP contribution in [-0.2, 0) is 9.47 Å². The highest BCUT2D eigenvalue weighted by Crippen LogP contribution is 2.33. The summed E-state index contributed by atoms with van der Waals surface area (Å²) in [5.41, 5.74) is 1.31. The summed E-state index contributed by atoms with van der Waals surface area (Å²) in [7, 11) is 3.40. The van der Waals surface area contributed by atoms with Crippen LogP contribution in [0.3, 0.4) is 0 Å². The van der Waals surface area contributed by atoms with Gasteiger partial charge in [-0.15, -0.1) is 0 Å². The Labute approximate surface area is 111 Å². The number of halogens is 1. The molecule has 1 aliphatic rings. The van der Waals surface area contributed by atoms with Crippen LogP contribution in [0.25, 0.3) is 0 Å². The van der Waals surface area contributed by atoms with E-state index >= 15 is 0 Å². The summed E-state index contributed by atoms with van der Waals surface area (Å²) in [6, 6.07) is 8.83. The lowest BCUT2D eigenvalue weighted by Crippen LogP contribution is -2.64. The molecule has 0 aromatic heterocycles. The predicted octanol–water partition coefficient (Wildman–Crippen LogP) is 2.81. The van der Waals surface area contributed by atoms with Crippen molar-refractivity contribution in [1.82, 2.24) is 4.90 Å². The van der Waals surface area contributed by atoms with E-state index in [9.17, 15) is 0 Å². The summed E-state index contributed by atoms with van der Waals surface area (Å²) >= 11 is 3.45. The molecule has 3 nitrogen and oxygen atoms in total. The van der Waals surface area contributed by atoms with Crippen molar-refractivity contribution in [2.45, 2.75) is 18.8 Å². The molecule has 0 amide bonds. The molecule has 1 fully saturated rings. The van der Waals surface area contributed by atoms with E-state index in [1.807, 2.05) is 0 Å². The summed E-state index contributed by atoms with van der Waals surface area (Å²) < 4.78 is 11.9. The first-order valence-corrected chi connectivity index (χ1v) is 6.49. The Morgan fingerprint density at radius 3 is 2.18 bits per heavy atom. The van der Waals surface area contributed by atoms with Gasteiger partial charge in [0.05, 0.1) is 13.1 Å². The average Bonchev–Trinajstić information content (AvgIpc) is 2.29. The lowest BCUT2D eigenvalue weighted by atomic mass is 9.99. The monoisotopic (exact) mass is 299 g/mol. The van der Waals surface area contributed by atoms with Crippen LogP contribution in [-0.4, -0.2) is 38.0 Å². The van der Waals surface area contributed by atoms with Gasteiger partial charge in [-0.3, -0.25) is 4.90 Å². The van der Waals surface area contributed by atoms with Crippen molar-refractivity contribution < 1.29 is 9.47 Å². The number of rotatable bonds is 4. The molecule has 0 bridgehead atoms. The fourth-order valence-corrected chi connectivity index (χ4v) is 2.40. The highest BCUT2D eigenvalue weighted by atomic mass is 79.9. The summed E-state index contributed by atoms with van der Waals surface area (Å²) in [5.74, 6) is -0.399. The van der Waals surface area contributed by atoms with E-state index < -0.39 is 5.79 Å². The molecule has 1 unspecified atom stereocenters. The smallest absolute Gasteiger partial charge is 0.193 e. The van der Waals surface area contributed by atoms with Crippen molar-refractivity contribution in [3.63, 3.8) is 0 Å². The number of benzene rings is 1. The van der Waals surface area contributed by atoms with E-state index in [0.29, 0.717) is 6.04 Å². The predicted molar refractivity (Wildman–Crippen MR) is 70.9 cm³/mol.